The third-order valence-electron chi connectivity index (χ3n) is 3.58. The second-order valence-corrected chi connectivity index (χ2v) is 5.38. The van der Waals surface area contributed by atoms with Crippen LogP contribution in [0.15, 0.2) is 24.0 Å². The van der Waals surface area contributed by atoms with E-state index in [1.807, 2.05) is 0 Å². The summed E-state index contributed by atoms with van der Waals surface area (Å²) >= 11 is 0. The van der Waals surface area contributed by atoms with Gasteiger partial charge in [-0.2, -0.15) is 0 Å². The minimum absolute atomic E-state index is 0.0357. The van der Waals surface area contributed by atoms with E-state index < -0.39 is 18.0 Å². The smallest absolute Gasteiger partial charge is 0.333 e. The van der Waals surface area contributed by atoms with E-state index in [4.69, 9.17) is 24.8 Å². The fourth-order valence-corrected chi connectivity index (χ4v) is 2.39. The summed E-state index contributed by atoms with van der Waals surface area (Å²) in [4.78, 5) is 34.3. The highest BCUT2D eigenvalue weighted by molar-refractivity contribution is 5.87. The summed E-state index contributed by atoms with van der Waals surface area (Å²) in [6, 6.07) is 0. The molecule has 0 radical (unpaired) electrons. The lowest BCUT2D eigenvalue weighted by atomic mass is 10.1. The van der Waals surface area contributed by atoms with Gasteiger partial charge < -0.3 is 34.5 Å². The van der Waals surface area contributed by atoms with Crippen LogP contribution in [0.3, 0.4) is 0 Å². The number of aliphatic carboxylic acids is 1. The lowest BCUT2D eigenvalue weighted by Gasteiger charge is -2.26. The van der Waals surface area contributed by atoms with Crippen LogP contribution in [0.5, 0.6) is 0 Å². The molecule has 3 atom stereocenters. The van der Waals surface area contributed by atoms with Gasteiger partial charge in [0, 0.05) is 25.9 Å². The number of ether oxygens (including phenoxy) is 2. The molecule has 2 aliphatic rings. The quantitative estimate of drug-likeness (QED) is 0.417. The molecule has 9 nitrogen and oxygen atoms in total. The summed E-state index contributed by atoms with van der Waals surface area (Å²) in [5.74, 6) is -1.63. The largest absolute Gasteiger partial charge is 0.478 e. The minimum Gasteiger partial charge on any atom is -0.478 e. The Morgan fingerprint density at radius 3 is 2.80 bits per heavy atom. The molecule has 3 unspecified atom stereocenters. The van der Waals surface area contributed by atoms with Crippen LogP contribution in [-0.2, 0) is 23.9 Å². The van der Waals surface area contributed by atoms with Crippen LogP contribution in [0.1, 0.15) is 25.7 Å². The molecule has 0 spiro atoms. The molecule has 9 heteroatoms. The van der Waals surface area contributed by atoms with E-state index in [0.29, 0.717) is 19.3 Å². The number of esters is 1. The normalized spacial score (nSPS) is 23.2. The molecule has 0 aliphatic carbocycles. The number of aldehydes is 1. The molecule has 140 valence electrons. The van der Waals surface area contributed by atoms with E-state index in [2.05, 4.69) is 0 Å². The zero-order valence-corrected chi connectivity index (χ0v) is 13.9. The first-order valence-corrected chi connectivity index (χ1v) is 7.77. The van der Waals surface area contributed by atoms with Crippen molar-refractivity contribution < 1.29 is 39.2 Å². The topological polar surface area (TPSA) is 134 Å². The second kappa shape index (κ2) is 10.6. The Hall–Kier alpha value is -2.23. The van der Waals surface area contributed by atoms with E-state index in [9.17, 15) is 14.4 Å². The highest BCUT2D eigenvalue weighted by Crippen LogP contribution is 2.26. The standard InChI is InChI=1S/C15H19NO7.CH4O/c17-8-11(18)6-14(19)22-9-12-3-4-13(23-12)16-5-1-2-10(7-16)15(20)21;1-2/h1,5,7-8,11-13,18H,2-4,6,9H2,(H,20,21);2H,1H3. The van der Waals surface area contributed by atoms with Gasteiger partial charge in [-0.05, 0) is 12.8 Å². The van der Waals surface area contributed by atoms with Crippen LogP contribution in [0, 0.1) is 0 Å². The Bertz CT molecular complexity index is 530. The van der Waals surface area contributed by atoms with E-state index >= 15 is 0 Å². The number of carboxylic acids is 1. The summed E-state index contributed by atoms with van der Waals surface area (Å²) in [7, 11) is 1.00. The van der Waals surface area contributed by atoms with Gasteiger partial charge >= 0.3 is 11.9 Å². The van der Waals surface area contributed by atoms with E-state index in [-0.39, 0.29) is 37.2 Å². The summed E-state index contributed by atoms with van der Waals surface area (Å²) < 4.78 is 10.7. The first kappa shape index (κ1) is 20.8. The zero-order valence-electron chi connectivity index (χ0n) is 13.9. The fraction of sp³-hybridized carbons (Fsp3) is 0.562. The van der Waals surface area contributed by atoms with Gasteiger partial charge in [0.25, 0.3) is 0 Å². The Kier molecular flexibility index (Phi) is 8.82. The molecule has 2 aliphatic heterocycles. The summed E-state index contributed by atoms with van der Waals surface area (Å²) in [5.41, 5.74) is 0.286. The van der Waals surface area contributed by atoms with Crippen molar-refractivity contribution in [2.24, 2.45) is 0 Å². The number of aliphatic hydroxyl groups excluding tert-OH is 2. The summed E-state index contributed by atoms with van der Waals surface area (Å²) in [6.07, 6.45) is 4.73. The first-order valence-electron chi connectivity index (χ1n) is 7.77. The van der Waals surface area contributed by atoms with E-state index in [1.165, 1.54) is 0 Å². The SMILES string of the molecule is CO.O=CC(O)CC(=O)OCC1CCC(N2C=CCC(C(=O)O)=C2)O1. The Labute approximate surface area is 145 Å². The molecular formula is C16H23NO8. The number of nitrogens with zero attached hydrogens (tertiary/aromatic N) is 1. The van der Waals surface area contributed by atoms with Gasteiger partial charge in [0.2, 0.25) is 0 Å². The number of hydrogen-bond donors (Lipinski definition) is 3. The number of aliphatic hydroxyl groups is 2. The molecule has 0 saturated carbocycles. The Morgan fingerprint density at radius 1 is 1.44 bits per heavy atom. The van der Waals surface area contributed by atoms with Crippen molar-refractivity contribution >= 4 is 18.2 Å². The van der Waals surface area contributed by atoms with Crippen molar-refractivity contribution in [1.82, 2.24) is 4.90 Å². The fourth-order valence-electron chi connectivity index (χ4n) is 2.39. The van der Waals surface area contributed by atoms with Gasteiger partial charge in [-0.25, -0.2) is 4.79 Å². The maximum atomic E-state index is 11.4. The number of carbonyl (C=O) groups excluding carboxylic acids is 2. The monoisotopic (exact) mass is 357 g/mol. The van der Waals surface area contributed by atoms with E-state index in [1.54, 1.807) is 23.4 Å². The average molecular weight is 357 g/mol. The average Bonchev–Trinajstić information content (AvgIpc) is 3.10. The van der Waals surface area contributed by atoms with Gasteiger partial charge in [0.15, 0.2) is 0 Å². The molecule has 1 saturated heterocycles. The maximum absolute atomic E-state index is 11.4. The van der Waals surface area contributed by atoms with Gasteiger partial charge in [-0.3, -0.25) is 4.79 Å². The Balaban J connectivity index is 0.00000151. The molecule has 2 heterocycles. The van der Waals surface area contributed by atoms with Gasteiger partial charge in [-0.15, -0.1) is 0 Å². The van der Waals surface area contributed by atoms with Crippen LogP contribution in [-0.4, -0.2) is 70.6 Å². The third kappa shape index (κ3) is 6.65. The highest BCUT2D eigenvalue weighted by atomic mass is 16.6. The summed E-state index contributed by atoms with van der Waals surface area (Å²) in [5, 5.41) is 25.0. The van der Waals surface area contributed by atoms with Gasteiger partial charge in [0.1, 0.15) is 25.2 Å². The maximum Gasteiger partial charge on any atom is 0.333 e. The van der Waals surface area contributed by atoms with Crippen molar-refractivity contribution in [2.75, 3.05) is 13.7 Å². The lowest BCUT2D eigenvalue weighted by molar-refractivity contribution is -0.151. The molecule has 0 bridgehead atoms. The predicted molar refractivity (Wildman–Crippen MR) is 85.0 cm³/mol. The van der Waals surface area contributed by atoms with Crippen LogP contribution >= 0.6 is 0 Å². The van der Waals surface area contributed by atoms with Gasteiger partial charge in [0.05, 0.1) is 18.1 Å². The van der Waals surface area contributed by atoms with Gasteiger partial charge in [-0.1, -0.05) is 6.08 Å². The lowest BCUT2D eigenvalue weighted by Crippen LogP contribution is -2.30. The number of carbonyl (C=O) groups is 3. The highest BCUT2D eigenvalue weighted by Gasteiger charge is 2.30. The molecule has 1 fully saturated rings. The summed E-state index contributed by atoms with van der Waals surface area (Å²) in [6.45, 7) is 0.0357. The van der Waals surface area contributed by atoms with Crippen LogP contribution in [0.25, 0.3) is 0 Å². The molecule has 0 aromatic rings. The molecule has 2 rings (SSSR count). The zero-order chi connectivity index (χ0) is 18.8. The van der Waals surface area contributed by atoms with Crippen LogP contribution < -0.4 is 0 Å². The molecule has 3 N–H and O–H groups in total. The van der Waals surface area contributed by atoms with E-state index in [0.717, 1.165) is 7.11 Å². The van der Waals surface area contributed by atoms with Crippen molar-refractivity contribution in [1.29, 1.82) is 0 Å². The van der Waals surface area contributed by atoms with Crippen molar-refractivity contribution in [3.8, 4) is 0 Å². The van der Waals surface area contributed by atoms with Crippen LogP contribution in [0.4, 0.5) is 0 Å². The second-order valence-electron chi connectivity index (χ2n) is 5.38. The number of hydrogen-bond acceptors (Lipinski definition) is 8. The molecule has 25 heavy (non-hydrogen) atoms. The van der Waals surface area contributed by atoms with Crippen LogP contribution in [0.2, 0.25) is 0 Å². The number of rotatable bonds is 7. The predicted octanol–water partition coefficient (Wildman–Crippen LogP) is -0.219. The molecule has 0 aromatic heterocycles. The third-order valence-corrected chi connectivity index (χ3v) is 3.58. The van der Waals surface area contributed by atoms with Crippen molar-refractivity contribution in [2.45, 2.75) is 44.1 Å². The number of carboxylic acid groups (broad SMARTS) is 1. The minimum atomic E-state index is -1.35. The molecule has 0 aromatic carbocycles. The van der Waals surface area contributed by atoms with Crippen molar-refractivity contribution in [3.05, 3.63) is 24.0 Å². The first-order chi connectivity index (χ1) is 12.0. The Morgan fingerprint density at radius 2 is 2.16 bits per heavy atom. The molecule has 0 amide bonds. The van der Waals surface area contributed by atoms with Crippen molar-refractivity contribution in [3.63, 3.8) is 0 Å². The number of allylic oxidation sites excluding steroid dienone is 1. The molecular weight excluding hydrogens is 334 g/mol.